The molecule has 1 aromatic rings. The highest BCUT2D eigenvalue weighted by atomic mass is 16.6. The molecule has 0 N–H and O–H groups in total. The molecule has 2 nitrogen and oxygen atoms in total. The summed E-state index contributed by atoms with van der Waals surface area (Å²) in [6.45, 7) is 9.10. The SMILES string of the molecule is C=C[C@@H](C)[C@@](C)(OC(C)=O)c1ccccc1. The van der Waals surface area contributed by atoms with E-state index in [0.29, 0.717) is 0 Å². The van der Waals surface area contributed by atoms with Crippen molar-refractivity contribution in [2.45, 2.75) is 26.4 Å². The molecule has 1 aromatic carbocycles. The molecule has 0 fully saturated rings. The first kappa shape index (κ1) is 12.5. The molecule has 86 valence electrons. The molecule has 0 radical (unpaired) electrons. The molecule has 16 heavy (non-hydrogen) atoms. The summed E-state index contributed by atoms with van der Waals surface area (Å²) in [5.74, 6) is -0.223. The van der Waals surface area contributed by atoms with Crippen LogP contribution in [0.5, 0.6) is 0 Å². The van der Waals surface area contributed by atoms with Crippen LogP contribution in [-0.4, -0.2) is 5.97 Å². The largest absolute Gasteiger partial charge is 0.454 e. The van der Waals surface area contributed by atoms with Crippen LogP contribution in [0.15, 0.2) is 43.0 Å². The first-order valence-corrected chi connectivity index (χ1v) is 5.38. The van der Waals surface area contributed by atoms with Gasteiger partial charge in [0, 0.05) is 12.8 Å². The summed E-state index contributed by atoms with van der Waals surface area (Å²) in [6, 6.07) is 9.74. The van der Waals surface area contributed by atoms with Crippen LogP contribution in [0.1, 0.15) is 26.3 Å². The Hall–Kier alpha value is -1.57. The van der Waals surface area contributed by atoms with Gasteiger partial charge in [0.1, 0.15) is 5.60 Å². The van der Waals surface area contributed by atoms with Crippen LogP contribution in [0.25, 0.3) is 0 Å². The van der Waals surface area contributed by atoms with Crippen molar-refractivity contribution in [2.24, 2.45) is 5.92 Å². The standard InChI is InChI=1S/C14H18O2/c1-5-11(2)14(4,16-12(3)15)13-9-7-6-8-10-13/h5-11H,1H2,2-4H3/t11-,14-/m1/s1. The van der Waals surface area contributed by atoms with E-state index in [-0.39, 0.29) is 11.9 Å². The zero-order valence-electron chi connectivity index (χ0n) is 10.1. The van der Waals surface area contributed by atoms with E-state index in [9.17, 15) is 4.79 Å². The van der Waals surface area contributed by atoms with Crippen molar-refractivity contribution in [2.75, 3.05) is 0 Å². The lowest BCUT2D eigenvalue weighted by atomic mass is 9.84. The summed E-state index contributed by atoms with van der Waals surface area (Å²) >= 11 is 0. The lowest BCUT2D eigenvalue weighted by Gasteiger charge is -2.33. The van der Waals surface area contributed by atoms with Crippen molar-refractivity contribution in [3.8, 4) is 0 Å². The quantitative estimate of drug-likeness (QED) is 0.572. The number of benzene rings is 1. The van der Waals surface area contributed by atoms with Gasteiger partial charge in [-0.15, -0.1) is 6.58 Å². The van der Waals surface area contributed by atoms with E-state index in [2.05, 4.69) is 6.58 Å². The molecule has 0 amide bonds. The zero-order valence-corrected chi connectivity index (χ0v) is 10.1. The average Bonchev–Trinajstić information content (AvgIpc) is 2.28. The lowest BCUT2D eigenvalue weighted by molar-refractivity contribution is -0.160. The number of rotatable bonds is 4. The number of hydrogen-bond acceptors (Lipinski definition) is 2. The molecule has 0 saturated heterocycles. The molecule has 0 bridgehead atoms. The summed E-state index contributed by atoms with van der Waals surface area (Å²) in [7, 11) is 0. The molecular weight excluding hydrogens is 200 g/mol. The second-order valence-electron chi connectivity index (χ2n) is 4.09. The van der Waals surface area contributed by atoms with E-state index in [1.54, 1.807) is 6.08 Å². The Labute approximate surface area is 96.9 Å². The van der Waals surface area contributed by atoms with E-state index >= 15 is 0 Å². The Balaban J connectivity index is 3.14. The average molecular weight is 218 g/mol. The van der Waals surface area contributed by atoms with Gasteiger partial charge in [-0.1, -0.05) is 43.3 Å². The Morgan fingerprint density at radius 3 is 2.44 bits per heavy atom. The Morgan fingerprint density at radius 1 is 1.44 bits per heavy atom. The highest BCUT2D eigenvalue weighted by Gasteiger charge is 2.34. The van der Waals surface area contributed by atoms with Crippen molar-refractivity contribution in [3.05, 3.63) is 48.6 Å². The summed E-state index contributed by atoms with van der Waals surface area (Å²) < 4.78 is 5.47. The maximum atomic E-state index is 11.2. The topological polar surface area (TPSA) is 26.3 Å². The molecule has 0 aliphatic rings. The molecule has 1 rings (SSSR count). The Kier molecular flexibility index (Phi) is 3.88. The van der Waals surface area contributed by atoms with E-state index in [4.69, 9.17) is 4.74 Å². The van der Waals surface area contributed by atoms with E-state index in [1.807, 2.05) is 44.2 Å². The molecule has 0 aromatic heterocycles. The molecule has 0 heterocycles. The second-order valence-corrected chi connectivity index (χ2v) is 4.09. The third kappa shape index (κ3) is 2.51. The number of carbonyl (C=O) groups excluding carboxylic acids is 1. The molecule has 0 aliphatic heterocycles. The summed E-state index contributed by atoms with van der Waals surface area (Å²) in [5, 5.41) is 0. The third-order valence-electron chi connectivity index (χ3n) is 2.93. The fourth-order valence-electron chi connectivity index (χ4n) is 1.71. The third-order valence-corrected chi connectivity index (χ3v) is 2.93. The van der Waals surface area contributed by atoms with E-state index < -0.39 is 5.60 Å². The molecule has 0 aliphatic carbocycles. The predicted octanol–water partition coefficient (Wildman–Crippen LogP) is 3.29. The maximum absolute atomic E-state index is 11.2. The summed E-state index contributed by atoms with van der Waals surface area (Å²) in [4.78, 5) is 11.2. The van der Waals surface area contributed by atoms with Gasteiger partial charge in [-0.2, -0.15) is 0 Å². The number of hydrogen-bond donors (Lipinski definition) is 0. The minimum atomic E-state index is -0.644. The van der Waals surface area contributed by atoms with Crippen LogP contribution in [-0.2, 0) is 15.1 Å². The van der Waals surface area contributed by atoms with Gasteiger partial charge in [0.05, 0.1) is 0 Å². The maximum Gasteiger partial charge on any atom is 0.303 e. The van der Waals surface area contributed by atoms with Crippen LogP contribution in [0.4, 0.5) is 0 Å². The first-order valence-electron chi connectivity index (χ1n) is 5.38. The van der Waals surface area contributed by atoms with Gasteiger partial charge in [0.15, 0.2) is 0 Å². The smallest absolute Gasteiger partial charge is 0.303 e. The highest BCUT2D eigenvalue weighted by Crippen LogP contribution is 2.34. The normalized spacial score (nSPS) is 15.9. The van der Waals surface area contributed by atoms with Crippen molar-refractivity contribution < 1.29 is 9.53 Å². The molecule has 0 saturated carbocycles. The summed E-state index contributed by atoms with van der Waals surface area (Å²) in [6.07, 6.45) is 1.80. The van der Waals surface area contributed by atoms with Gasteiger partial charge in [-0.05, 0) is 12.5 Å². The molecular formula is C14H18O2. The molecule has 2 heteroatoms. The van der Waals surface area contributed by atoms with Gasteiger partial charge in [0.25, 0.3) is 0 Å². The molecule has 0 spiro atoms. The lowest BCUT2D eigenvalue weighted by Crippen LogP contribution is -2.34. The number of ether oxygens (including phenoxy) is 1. The number of carbonyl (C=O) groups is 1. The fraction of sp³-hybridized carbons (Fsp3) is 0.357. The van der Waals surface area contributed by atoms with Gasteiger partial charge < -0.3 is 4.74 Å². The van der Waals surface area contributed by atoms with Crippen molar-refractivity contribution in [3.63, 3.8) is 0 Å². The first-order chi connectivity index (χ1) is 7.50. The van der Waals surface area contributed by atoms with Crippen LogP contribution < -0.4 is 0 Å². The summed E-state index contributed by atoms with van der Waals surface area (Å²) in [5.41, 5.74) is 0.340. The van der Waals surface area contributed by atoms with Gasteiger partial charge in [0.2, 0.25) is 0 Å². The van der Waals surface area contributed by atoms with Gasteiger partial charge in [-0.25, -0.2) is 0 Å². The van der Waals surface area contributed by atoms with Crippen molar-refractivity contribution in [1.29, 1.82) is 0 Å². The van der Waals surface area contributed by atoms with Crippen LogP contribution >= 0.6 is 0 Å². The van der Waals surface area contributed by atoms with Crippen molar-refractivity contribution in [1.82, 2.24) is 0 Å². The van der Waals surface area contributed by atoms with Crippen LogP contribution in [0.3, 0.4) is 0 Å². The Morgan fingerprint density at radius 2 is 2.00 bits per heavy atom. The van der Waals surface area contributed by atoms with Crippen molar-refractivity contribution >= 4 is 5.97 Å². The molecule has 2 atom stereocenters. The Bertz CT molecular complexity index is 370. The van der Waals surface area contributed by atoms with Crippen LogP contribution in [0, 0.1) is 5.92 Å². The minimum Gasteiger partial charge on any atom is -0.454 e. The zero-order chi connectivity index (χ0) is 12.2. The van der Waals surface area contributed by atoms with E-state index in [1.165, 1.54) is 6.92 Å². The van der Waals surface area contributed by atoms with Crippen LogP contribution in [0.2, 0.25) is 0 Å². The minimum absolute atomic E-state index is 0.0544. The monoisotopic (exact) mass is 218 g/mol. The van der Waals surface area contributed by atoms with E-state index in [0.717, 1.165) is 5.56 Å². The van der Waals surface area contributed by atoms with Gasteiger partial charge in [-0.3, -0.25) is 4.79 Å². The second kappa shape index (κ2) is 4.97. The number of esters is 1. The molecule has 0 unspecified atom stereocenters. The van der Waals surface area contributed by atoms with Gasteiger partial charge >= 0.3 is 5.97 Å². The fourth-order valence-corrected chi connectivity index (χ4v) is 1.71. The highest BCUT2D eigenvalue weighted by molar-refractivity contribution is 5.67. The predicted molar refractivity (Wildman–Crippen MR) is 64.9 cm³/mol.